The van der Waals surface area contributed by atoms with Gasteiger partial charge in [0, 0.05) is 29.2 Å². The van der Waals surface area contributed by atoms with E-state index >= 15 is 0 Å². The molecule has 2 aromatic heterocycles. The van der Waals surface area contributed by atoms with Crippen LogP contribution in [0.5, 0.6) is 0 Å². The maximum atomic E-state index is 5.64. The highest BCUT2D eigenvalue weighted by Gasteiger charge is 2.16. The minimum absolute atomic E-state index is 0.678. The maximum Gasteiger partial charge on any atom is 0.100 e. The molecule has 0 aliphatic carbocycles. The second kappa shape index (κ2) is 6.33. The maximum absolute atomic E-state index is 5.64. The fourth-order valence-corrected chi connectivity index (χ4v) is 2.47. The molecule has 0 bridgehead atoms. The largest absolute Gasteiger partial charge is 0.330 e. The van der Waals surface area contributed by atoms with Crippen molar-refractivity contribution >= 4 is 0 Å². The van der Waals surface area contributed by atoms with Crippen molar-refractivity contribution in [2.75, 3.05) is 6.54 Å². The Morgan fingerprint density at radius 3 is 2.43 bits per heavy atom. The van der Waals surface area contributed by atoms with Gasteiger partial charge in [-0.05, 0) is 37.1 Å². The average molecular weight is 278 g/mol. The van der Waals surface area contributed by atoms with E-state index in [1.54, 1.807) is 12.4 Å². The number of nitrogens with one attached hydrogen (secondary N) is 1. The van der Waals surface area contributed by atoms with Crippen molar-refractivity contribution in [1.82, 2.24) is 15.2 Å². The van der Waals surface area contributed by atoms with Crippen LogP contribution in [0.3, 0.4) is 0 Å². The van der Waals surface area contributed by atoms with Crippen LogP contribution in [-0.2, 0) is 6.42 Å². The SMILES string of the molecule is NCCCc1[nH]nc(-c2ccncc2)c1-c1ccccc1. The molecule has 0 aliphatic heterocycles. The molecule has 3 N–H and O–H groups in total. The molecular weight excluding hydrogens is 260 g/mol. The number of hydrogen-bond acceptors (Lipinski definition) is 3. The van der Waals surface area contributed by atoms with Gasteiger partial charge < -0.3 is 5.73 Å². The number of aryl methyl sites for hydroxylation is 1. The fraction of sp³-hybridized carbons (Fsp3) is 0.176. The van der Waals surface area contributed by atoms with Crippen LogP contribution in [0.2, 0.25) is 0 Å². The first-order valence-corrected chi connectivity index (χ1v) is 7.13. The van der Waals surface area contributed by atoms with Gasteiger partial charge in [-0.15, -0.1) is 0 Å². The molecule has 0 saturated heterocycles. The summed E-state index contributed by atoms with van der Waals surface area (Å²) in [5.41, 5.74) is 11.1. The number of aromatic amines is 1. The summed E-state index contributed by atoms with van der Waals surface area (Å²) in [4.78, 5) is 4.08. The van der Waals surface area contributed by atoms with E-state index in [1.807, 2.05) is 30.3 Å². The molecule has 0 amide bonds. The predicted molar refractivity (Wildman–Crippen MR) is 84.6 cm³/mol. The zero-order valence-electron chi connectivity index (χ0n) is 11.8. The Hall–Kier alpha value is -2.46. The molecule has 106 valence electrons. The van der Waals surface area contributed by atoms with Gasteiger partial charge in [-0.25, -0.2) is 0 Å². The van der Waals surface area contributed by atoms with E-state index < -0.39 is 0 Å². The monoisotopic (exact) mass is 278 g/mol. The van der Waals surface area contributed by atoms with E-state index in [0.29, 0.717) is 6.54 Å². The number of rotatable bonds is 5. The van der Waals surface area contributed by atoms with Crippen LogP contribution >= 0.6 is 0 Å². The first-order valence-electron chi connectivity index (χ1n) is 7.13. The summed E-state index contributed by atoms with van der Waals surface area (Å²) in [6.07, 6.45) is 5.42. The second-order valence-corrected chi connectivity index (χ2v) is 4.92. The lowest BCUT2D eigenvalue weighted by Crippen LogP contribution is -2.01. The first kappa shape index (κ1) is 13.5. The third-order valence-corrected chi connectivity index (χ3v) is 3.49. The summed E-state index contributed by atoms with van der Waals surface area (Å²) in [6.45, 7) is 0.678. The van der Waals surface area contributed by atoms with E-state index in [-0.39, 0.29) is 0 Å². The zero-order chi connectivity index (χ0) is 14.5. The first-order chi connectivity index (χ1) is 10.4. The predicted octanol–water partition coefficient (Wildman–Crippen LogP) is 3.03. The second-order valence-electron chi connectivity index (χ2n) is 4.92. The van der Waals surface area contributed by atoms with Gasteiger partial charge in [-0.2, -0.15) is 5.10 Å². The van der Waals surface area contributed by atoms with Gasteiger partial charge in [0.1, 0.15) is 5.69 Å². The molecule has 0 atom stereocenters. The van der Waals surface area contributed by atoms with Gasteiger partial charge in [0.05, 0.1) is 0 Å². The molecular formula is C17H18N4. The quantitative estimate of drug-likeness (QED) is 0.753. The van der Waals surface area contributed by atoms with Crippen LogP contribution in [0, 0.1) is 0 Å². The van der Waals surface area contributed by atoms with Crippen molar-refractivity contribution in [2.45, 2.75) is 12.8 Å². The zero-order valence-corrected chi connectivity index (χ0v) is 11.8. The van der Waals surface area contributed by atoms with Crippen molar-refractivity contribution in [3.63, 3.8) is 0 Å². The molecule has 0 saturated carbocycles. The van der Waals surface area contributed by atoms with E-state index in [0.717, 1.165) is 35.4 Å². The minimum atomic E-state index is 0.678. The highest BCUT2D eigenvalue weighted by Crippen LogP contribution is 2.33. The van der Waals surface area contributed by atoms with Crippen LogP contribution in [-0.4, -0.2) is 21.7 Å². The Kier molecular flexibility index (Phi) is 4.07. The molecule has 21 heavy (non-hydrogen) atoms. The van der Waals surface area contributed by atoms with Gasteiger partial charge in [-0.3, -0.25) is 10.1 Å². The summed E-state index contributed by atoms with van der Waals surface area (Å²) >= 11 is 0. The highest BCUT2D eigenvalue weighted by molar-refractivity contribution is 5.82. The van der Waals surface area contributed by atoms with Crippen LogP contribution < -0.4 is 5.73 Å². The summed E-state index contributed by atoms with van der Waals surface area (Å²) in [5, 5.41) is 7.70. The van der Waals surface area contributed by atoms with E-state index in [1.165, 1.54) is 5.56 Å². The van der Waals surface area contributed by atoms with Crippen LogP contribution in [0.1, 0.15) is 12.1 Å². The lowest BCUT2D eigenvalue weighted by Gasteiger charge is -2.06. The Balaban J connectivity index is 2.11. The molecule has 3 rings (SSSR count). The number of nitrogens with two attached hydrogens (primary N) is 1. The Bertz CT molecular complexity index is 689. The highest BCUT2D eigenvalue weighted by atomic mass is 15.1. The molecule has 4 nitrogen and oxygen atoms in total. The molecule has 2 heterocycles. The van der Waals surface area contributed by atoms with Crippen LogP contribution in [0.15, 0.2) is 54.9 Å². The normalized spacial score (nSPS) is 10.7. The van der Waals surface area contributed by atoms with E-state index in [4.69, 9.17) is 5.73 Å². The molecule has 3 aromatic rings. The number of nitrogens with zero attached hydrogens (tertiary/aromatic N) is 2. The molecule has 0 radical (unpaired) electrons. The molecule has 4 heteroatoms. The van der Waals surface area contributed by atoms with Crippen molar-refractivity contribution in [2.24, 2.45) is 5.73 Å². The van der Waals surface area contributed by atoms with Crippen LogP contribution in [0.25, 0.3) is 22.4 Å². The minimum Gasteiger partial charge on any atom is -0.330 e. The number of H-pyrrole nitrogens is 1. The third-order valence-electron chi connectivity index (χ3n) is 3.49. The number of pyridine rings is 1. The van der Waals surface area contributed by atoms with Gasteiger partial charge >= 0.3 is 0 Å². The van der Waals surface area contributed by atoms with E-state index in [2.05, 4.69) is 27.3 Å². The number of aromatic nitrogens is 3. The van der Waals surface area contributed by atoms with Gasteiger partial charge in [-0.1, -0.05) is 30.3 Å². The Labute approximate surface area is 124 Å². The molecule has 0 aliphatic rings. The summed E-state index contributed by atoms with van der Waals surface area (Å²) in [6, 6.07) is 14.3. The summed E-state index contributed by atoms with van der Waals surface area (Å²) in [5.74, 6) is 0. The van der Waals surface area contributed by atoms with Gasteiger partial charge in [0.15, 0.2) is 0 Å². The molecule has 1 aromatic carbocycles. The van der Waals surface area contributed by atoms with E-state index in [9.17, 15) is 0 Å². The summed E-state index contributed by atoms with van der Waals surface area (Å²) in [7, 11) is 0. The van der Waals surface area contributed by atoms with Crippen LogP contribution in [0.4, 0.5) is 0 Å². The molecule has 0 spiro atoms. The lowest BCUT2D eigenvalue weighted by molar-refractivity contribution is 0.805. The average Bonchev–Trinajstić information content (AvgIpc) is 2.98. The topological polar surface area (TPSA) is 67.6 Å². The smallest absolute Gasteiger partial charge is 0.100 e. The van der Waals surface area contributed by atoms with Crippen molar-refractivity contribution in [3.8, 4) is 22.4 Å². The third kappa shape index (κ3) is 2.85. The summed E-state index contributed by atoms with van der Waals surface area (Å²) < 4.78 is 0. The van der Waals surface area contributed by atoms with Crippen molar-refractivity contribution in [1.29, 1.82) is 0 Å². The fourth-order valence-electron chi connectivity index (χ4n) is 2.47. The van der Waals surface area contributed by atoms with Gasteiger partial charge in [0.25, 0.3) is 0 Å². The lowest BCUT2D eigenvalue weighted by atomic mass is 9.98. The van der Waals surface area contributed by atoms with Crippen molar-refractivity contribution in [3.05, 3.63) is 60.6 Å². The van der Waals surface area contributed by atoms with Crippen molar-refractivity contribution < 1.29 is 0 Å². The molecule has 0 unspecified atom stereocenters. The Morgan fingerprint density at radius 2 is 1.71 bits per heavy atom. The Morgan fingerprint density at radius 1 is 0.952 bits per heavy atom. The van der Waals surface area contributed by atoms with Gasteiger partial charge in [0.2, 0.25) is 0 Å². The number of benzene rings is 1. The standard InChI is InChI=1S/C17H18N4/c18-10-4-7-15-16(13-5-2-1-3-6-13)17(21-20-15)14-8-11-19-12-9-14/h1-3,5-6,8-9,11-12H,4,7,10,18H2,(H,20,21). The molecule has 0 fully saturated rings. The number of hydrogen-bond donors (Lipinski definition) is 2.